The largest absolute Gasteiger partial charge is 0.330 e. The quantitative estimate of drug-likeness (QED) is 0.820. The van der Waals surface area contributed by atoms with Crippen molar-refractivity contribution in [2.24, 2.45) is 11.7 Å². The molecule has 0 aromatic carbocycles. The lowest BCUT2D eigenvalue weighted by Gasteiger charge is -2.09. The Morgan fingerprint density at radius 1 is 1.71 bits per heavy atom. The fourth-order valence-electron chi connectivity index (χ4n) is 1.22. The molecule has 3 N–H and O–H groups in total. The average molecular weight is 321 g/mol. The van der Waals surface area contributed by atoms with Gasteiger partial charge in [0.1, 0.15) is 0 Å². The summed E-state index contributed by atoms with van der Waals surface area (Å²) >= 11 is 9.13. The molecule has 0 fully saturated rings. The average Bonchev–Trinajstić information content (AvgIpc) is 2.30. The van der Waals surface area contributed by atoms with Crippen LogP contribution in [0.5, 0.6) is 0 Å². The van der Waals surface area contributed by atoms with Crippen molar-refractivity contribution in [3.8, 4) is 0 Å². The third-order valence-electron chi connectivity index (χ3n) is 2.35. The second-order valence-corrected chi connectivity index (χ2v) is 5.19. The van der Waals surface area contributed by atoms with Gasteiger partial charge in [-0.15, -0.1) is 0 Å². The third-order valence-corrected chi connectivity index (χ3v) is 3.08. The number of pyridine rings is 1. The zero-order valence-electron chi connectivity index (χ0n) is 9.54. The summed E-state index contributed by atoms with van der Waals surface area (Å²) < 4.78 is 0.771. The van der Waals surface area contributed by atoms with Crippen LogP contribution < -0.4 is 11.1 Å². The summed E-state index contributed by atoms with van der Waals surface area (Å²) in [6, 6.07) is 1.72. The normalized spacial score (nSPS) is 12.2. The number of halogens is 2. The Hall–Kier alpha value is -0.650. The molecule has 0 aliphatic rings. The first-order chi connectivity index (χ1) is 8.02. The molecule has 0 saturated carbocycles. The van der Waals surface area contributed by atoms with Crippen LogP contribution in [0.25, 0.3) is 0 Å². The smallest absolute Gasteiger partial charge is 0.224 e. The van der Waals surface area contributed by atoms with Crippen LogP contribution in [0, 0.1) is 5.92 Å². The molecule has 1 aromatic heterocycles. The predicted molar refractivity (Wildman–Crippen MR) is 73.0 cm³/mol. The van der Waals surface area contributed by atoms with Crippen LogP contribution in [0.2, 0.25) is 5.15 Å². The third kappa shape index (κ3) is 5.02. The van der Waals surface area contributed by atoms with E-state index in [0.29, 0.717) is 24.6 Å². The number of rotatable bonds is 5. The van der Waals surface area contributed by atoms with Crippen molar-refractivity contribution in [1.82, 2.24) is 4.98 Å². The van der Waals surface area contributed by atoms with Gasteiger partial charge < -0.3 is 11.1 Å². The molecule has 1 rings (SSSR count). The van der Waals surface area contributed by atoms with Crippen molar-refractivity contribution in [2.75, 3.05) is 11.9 Å². The summed E-state index contributed by atoms with van der Waals surface area (Å²) in [6.07, 6.45) is 2.77. The summed E-state index contributed by atoms with van der Waals surface area (Å²) in [5, 5.41) is 3.01. The van der Waals surface area contributed by atoms with Crippen LogP contribution >= 0.6 is 27.5 Å². The minimum Gasteiger partial charge on any atom is -0.330 e. The van der Waals surface area contributed by atoms with E-state index in [1.165, 1.54) is 0 Å². The Morgan fingerprint density at radius 2 is 2.41 bits per heavy atom. The Balaban J connectivity index is 2.53. The molecule has 0 saturated heterocycles. The lowest BCUT2D eigenvalue weighted by Crippen LogP contribution is -2.16. The SMILES string of the molecule is CC(CN)CCC(=O)Nc1cc(Br)cnc1Cl. The van der Waals surface area contributed by atoms with Gasteiger partial charge in [-0.2, -0.15) is 0 Å². The monoisotopic (exact) mass is 319 g/mol. The summed E-state index contributed by atoms with van der Waals surface area (Å²) in [7, 11) is 0. The van der Waals surface area contributed by atoms with Crippen LogP contribution in [0.15, 0.2) is 16.7 Å². The van der Waals surface area contributed by atoms with Crippen molar-refractivity contribution >= 4 is 39.1 Å². The number of nitrogens with two attached hydrogens (primary N) is 1. The molecule has 0 aliphatic heterocycles. The van der Waals surface area contributed by atoms with Crippen LogP contribution in [0.3, 0.4) is 0 Å². The number of amides is 1. The number of carbonyl (C=O) groups excluding carboxylic acids is 1. The molecule has 0 aliphatic carbocycles. The molecular formula is C11H15BrClN3O. The van der Waals surface area contributed by atoms with E-state index < -0.39 is 0 Å². The first kappa shape index (κ1) is 14.4. The van der Waals surface area contributed by atoms with Gasteiger partial charge in [0.2, 0.25) is 5.91 Å². The van der Waals surface area contributed by atoms with E-state index in [1.54, 1.807) is 12.3 Å². The summed E-state index contributed by atoms with van der Waals surface area (Å²) in [5.74, 6) is 0.268. The molecule has 17 heavy (non-hydrogen) atoms. The molecule has 94 valence electrons. The minimum atomic E-state index is -0.0768. The molecule has 0 spiro atoms. The number of nitrogens with one attached hydrogen (secondary N) is 1. The molecule has 4 nitrogen and oxygen atoms in total. The number of hydrogen-bond acceptors (Lipinski definition) is 3. The number of carbonyl (C=O) groups is 1. The second-order valence-electron chi connectivity index (χ2n) is 3.92. The van der Waals surface area contributed by atoms with E-state index in [2.05, 4.69) is 26.2 Å². The molecule has 0 radical (unpaired) electrons. The molecule has 1 unspecified atom stereocenters. The Kier molecular flexibility index (Phi) is 5.88. The number of hydrogen-bond donors (Lipinski definition) is 2. The topological polar surface area (TPSA) is 68.0 Å². The van der Waals surface area contributed by atoms with E-state index in [0.717, 1.165) is 10.9 Å². The Labute approximate surface area is 114 Å². The van der Waals surface area contributed by atoms with Crippen LogP contribution in [-0.4, -0.2) is 17.4 Å². The van der Waals surface area contributed by atoms with Crippen molar-refractivity contribution < 1.29 is 4.79 Å². The summed E-state index contributed by atoms with van der Waals surface area (Å²) in [6.45, 7) is 2.60. The lowest BCUT2D eigenvalue weighted by molar-refractivity contribution is -0.116. The van der Waals surface area contributed by atoms with E-state index in [9.17, 15) is 4.79 Å². The number of nitrogens with zero attached hydrogens (tertiary/aromatic N) is 1. The second kappa shape index (κ2) is 6.93. The molecule has 6 heteroatoms. The number of aromatic nitrogens is 1. The molecule has 1 heterocycles. The van der Waals surface area contributed by atoms with Crippen molar-refractivity contribution in [1.29, 1.82) is 0 Å². The van der Waals surface area contributed by atoms with Crippen molar-refractivity contribution in [3.63, 3.8) is 0 Å². The van der Waals surface area contributed by atoms with Crippen molar-refractivity contribution in [2.45, 2.75) is 19.8 Å². The van der Waals surface area contributed by atoms with Crippen LogP contribution in [0.4, 0.5) is 5.69 Å². The fraction of sp³-hybridized carbons (Fsp3) is 0.455. The van der Waals surface area contributed by atoms with Gasteiger partial charge >= 0.3 is 0 Å². The summed E-state index contributed by atoms with van der Waals surface area (Å²) in [5.41, 5.74) is 6.01. The van der Waals surface area contributed by atoms with Crippen molar-refractivity contribution in [3.05, 3.63) is 21.9 Å². The highest BCUT2D eigenvalue weighted by Gasteiger charge is 2.09. The standard InChI is InChI=1S/C11H15BrClN3O/c1-7(5-14)2-3-10(17)16-9-4-8(12)6-15-11(9)13/h4,6-7H,2-3,5,14H2,1H3,(H,16,17). The Morgan fingerprint density at radius 3 is 3.06 bits per heavy atom. The van der Waals surface area contributed by atoms with Gasteiger partial charge in [0, 0.05) is 17.1 Å². The predicted octanol–water partition coefficient (Wildman–Crippen LogP) is 2.81. The minimum absolute atomic E-state index is 0.0768. The fourth-order valence-corrected chi connectivity index (χ4v) is 1.70. The molecule has 1 atom stereocenters. The maximum atomic E-state index is 11.6. The molecule has 0 bridgehead atoms. The van der Waals surface area contributed by atoms with Gasteiger partial charge in [-0.3, -0.25) is 4.79 Å². The van der Waals surface area contributed by atoms with E-state index in [-0.39, 0.29) is 11.1 Å². The summed E-state index contributed by atoms with van der Waals surface area (Å²) in [4.78, 5) is 15.6. The van der Waals surface area contributed by atoms with Gasteiger partial charge in [-0.05, 0) is 40.9 Å². The van der Waals surface area contributed by atoms with E-state index in [1.807, 2.05) is 6.92 Å². The molecule has 1 amide bonds. The zero-order chi connectivity index (χ0) is 12.8. The maximum absolute atomic E-state index is 11.6. The van der Waals surface area contributed by atoms with Gasteiger partial charge in [-0.25, -0.2) is 4.98 Å². The van der Waals surface area contributed by atoms with Crippen LogP contribution in [0.1, 0.15) is 19.8 Å². The van der Waals surface area contributed by atoms with Gasteiger partial charge in [0.25, 0.3) is 0 Å². The molecular weight excluding hydrogens is 305 g/mol. The Bertz CT molecular complexity index is 400. The highest BCUT2D eigenvalue weighted by atomic mass is 79.9. The highest BCUT2D eigenvalue weighted by Crippen LogP contribution is 2.23. The highest BCUT2D eigenvalue weighted by molar-refractivity contribution is 9.10. The lowest BCUT2D eigenvalue weighted by atomic mass is 10.1. The van der Waals surface area contributed by atoms with Gasteiger partial charge in [-0.1, -0.05) is 18.5 Å². The molecule has 1 aromatic rings. The van der Waals surface area contributed by atoms with Crippen LogP contribution in [-0.2, 0) is 4.79 Å². The van der Waals surface area contributed by atoms with Gasteiger partial charge in [0.05, 0.1) is 5.69 Å². The maximum Gasteiger partial charge on any atom is 0.224 e. The number of anilines is 1. The van der Waals surface area contributed by atoms with E-state index in [4.69, 9.17) is 17.3 Å². The zero-order valence-corrected chi connectivity index (χ0v) is 11.9. The first-order valence-electron chi connectivity index (χ1n) is 5.34. The van der Waals surface area contributed by atoms with E-state index >= 15 is 0 Å². The first-order valence-corrected chi connectivity index (χ1v) is 6.51. The van der Waals surface area contributed by atoms with Gasteiger partial charge in [0.15, 0.2) is 5.15 Å².